The zero-order valence-corrected chi connectivity index (χ0v) is 13.6. The Bertz CT molecular complexity index is 582. The van der Waals surface area contributed by atoms with Gasteiger partial charge in [0.25, 0.3) is 0 Å². The molecule has 0 saturated carbocycles. The van der Waals surface area contributed by atoms with Gasteiger partial charge in [0.1, 0.15) is 0 Å². The fraction of sp³-hybridized carbons (Fsp3) is 0.412. The van der Waals surface area contributed by atoms with Crippen LogP contribution in [0.1, 0.15) is 35.2 Å². The molecular weight excluding hydrogens is 285 g/mol. The van der Waals surface area contributed by atoms with Crippen molar-refractivity contribution in [1.29, 1.82) is 0 Å². The van der Waals surface area contributed by atoms with E-state index in [4.69, 9.17) is 4.74 Å². The van der Waals surface area contributed by atoms with E-state index in [9.17, 15) is 4.39 Å². The summed E-state index contributed by atoms with van der Waals surface area (Å²) in [5.41, 5.74) is 1.06. The number of hydrogen-bond donors (Lipinski definition) is 1. The van der Waals surface area contributed by atoms with Crippen molar-refractivity contribution in [1.82, 2.24) is 5.32 Å². The highest BCUT2D eigenvalue weighted by atomic mass is 32.1. The number of thiophene rings is 1. The zero-order chi connectivity index (χ0) is 15.2. The maximum Gasteiger partial charge on any atom is 0.165 e. The molecule has 2 rings (SSSR count). The fourth-order valence-corrected chi connectivity index (χ4v) is 3.37. The lowest BCUT2D eigenvalue weighted by Gasteiger charge is -2.18. The van der Waals surface area contributed by atoms with Gasteiger partial charge in [-0.2, -0.15) is 0 Å². The monoisotopic (exact) mass is 307 g/mol. The third-order valence-electron chi connectivity index (χ3n) is 3.50. The summed E-state index contributed by atoms with van der Waals surface area (Å²) in [5.74, 6) is -0.0169. The quantitative estimate of drug-likeness (QED) is 0.821. The highest BCUT2D eigenvalue weighted by Crippen LogP contribution is 2.27. The van der Waals surface area contributed by atoms with Gasteiger partial charge in [0.15, 0.2) is 11.6 Å². The predicted molar refractivity (Wildman–Crippen MR) is 86.8 cm³/mol. The lowest BCUT2D eigenvalue weighted by Crippen LogP contribution is -2.22. The van der Waals surface area contributed by atoms with E-state index in [1.165, 1.54) is 22.9 Å². The lowest BCUT2D eigenvalue weighted by atomic mass is 10.0. The second kappa shape index (κ2) is 7.57. The van der Waals surface area contributed by atoms with Crippen molar-refractivity contribution in [3.05, 3.63) is 51.5 Å². The molecule has 0 radical (unpaired) electrons. The first-order valence-corrected chi connectivity index (χ1v) is 8.14. The third kappa shape index (κ3) is 4.05. The van der Waals surface area contributed by atoms with Gasteiger partial charge in [0.05, 0.1) is 7.11 Å². The van der Waals surface area contributed by atoms with Crippen LogP contribution in [0.15, 0.2) is 30.3 Å². The molecule has 0 aliphatic carbocycles. The smallest absolute Gasteiger partial charge is 0.165 e. The van der Waals surface area contributed by atoms with Crippen molar-refractivity contribution in [2.45, 2.75) is 32.7 Å². The van der Waals surface area contributed by atoms with Crippen LogP contribution < -0.4 is 10.1 Å². The SMILES string of the molecule is CCNC(Cc1ccc(CC)s1)c1ccc(F)c(OC)c1. The highest BCUT2D eigenvalue weighted by molar-refractivity contribution is 7.11. The van der Waals surface area contributed by atoms with Gasteiger partial charge in [-0.25, -0.2) is 4.39 Å². The highest BCUT2D eigenvalue weighted by Gasteiger charge is 2.15. The summed E-state index contributed by atoms with van der Waals surface area (Å²) in [6, 6.07) is 9.65. The van der Waals surface area contributed by atoms with Crippen molar-refractivity contribution < 1.29 is 9.13 Å². The zero-order valence-electron chi connectivity index (χ0n) is 12.8. The van der Waals surface area contributed by atoms with E-state index in [1.54, 1.807) is 6.07 Å². The van der Waals surface area contributed by atoms with Crippen LogP contribution in [0, 0.1) is 5.82 Å². The number of likely N-dealkylation sites (N-methyl/N-ethyl adjacent to an activating group) is 1. The minimum Gasteiger partial charge on any atom is -0.494 e. The minimum absolute atomic E-state index is 0.174. The summed E-state index contributed by atoms with van der Waals surface area (Å²) in [7, 11) is 1.50. The van der Waals surface area contributed by atoms with E-state index in [1.807, 2.05) is 17.4 Å². The molecular formula is C17H22FNOS. The van der Waals surface area contributed by atoms with Gasteiger partial charge >= 0.3 is 0 Å². The Hall–Kier alpha value is -1.39. The van der Waals surface area contributed by atoms with E-state index in [0.29, 0.717) is 5.75 Å². The van der Waals surface area contributed by atoms with Crippen LogP contribution in [0.2, 0.25) is 0 Å². The van der Waals surface area contributed by atoms with Crippen LogP contribution >= 0.6 is 11.3 Å². The molecule has 0 aliphatic rings. The van der Waals surface area contributed by atoms with Crippen molar-refractivity contribution in [2.75, 3.05) is 13.7 Å². The van der Waals surface area contributed by atoms with Crippen LogP contribution in [0.4, 0.5) is 4.39 Å². The Morgan fingerprint density at radius 2 is 1.95 bits per heavy atom. The van der Waals surface area contributed by atoms with E-state index in [-0.39, 0.29) is 11.9 Å². The summed E-state index contributed by atoms with van der Waals surface area (Å²) in [6.45, 7) is 5.12. The van der Waals surface area contributed by atoms with Gasteiger partial charge in [-0.05, 0) is 42.8 Å². The average Bonchev–Trinajstić information content (AvgIpc) is 2.95. The van der Waals surface area contributed by atoms with Crippen molar-refractivity contribution in [3.63, 3.8) is 0 Å². The summed E-state index contributed by atoms with van der Waals surface area (Å²) >= 11 is 1.85. The molecule has 114 valence electrons. The molecule has 0 aliphatic heterocycles. The number of nitrogens with one attached hydrogen (secondary N) is 1. The maximum absolute atomic E-state index is 13.6. The molecule has 1 heterocycles. The lowest BCUT2D eigenvalue weighted by molar-refractivity contribution is 0.384. The molecule has 1 N–H and O–H groups in total. The minimum atomic E-state index is -0.319. The van der Waals surface area contributed by atoms with Gasteiger partial charge in [-0.3, -0.25) is 0 Å². The number of aryl methyl sites for hydroxylation is 1. The number of halogens is 1. The largest absolute Gasteiger partial charge is 0.494 e. The van der Waals surface area contributed by atoms with E-state index < -0.39 is 0 Å². The number of benzene rings is 1. The second-order valence-corrected chi connectivity index (χ2v) is 6.18. The first-order chi connectivity index (χ1) is 10.2. The van der Waals surface area contributed by atoms with E-state index in [0.717, 1.165) is 24.9 Å². The Labute approximate surface area is 130 Å². The standard InChI is InChI=1S/C17H22FNOS/c1-4-13-7-8-14(21-13)11-16(19-5-2)12-6-9-15(18)17(10-12)20-3/h6-10,16,19H,4-5,11H2,1-3H3. The Morgan fingerprint density at radius 3 is 2.57 bits per heavy atom. The summed E-state index contributed by atoms with van der Waals surface area (Å²) < 4.78 is 18.6. The normalized spacial score (nSPS) is 12.4. The molecule has 1 atom stereocenters. The molecule has 0 amide bonds. The number of rotatable bonds is 7. The van der Waals surface area contributed by atoms with Crippen LogP contribution in [0.3, 0.4) is 0 Å². The molecule has 1 aromatic heterocycles. The van der Waals surface area contributed by atoms with Gasteiger partial charge in [0.2, 0.25) is 0 Å². The van der Waals surface area contributed by atoms with Crippen LogP contribution in [0.5, 0.6) is 5.75 Å². The Morgan fingerprint density at radius 1 is 1.19 bits per heavy atom. The molecule has 1 unspecified atom stereocenters. The predicted octanol–water partition coefficient (Wildman–Crippen LogP) is 4.35. The number of hydrogen-bond acceptors (Lipinski definition) is 3. The molecule has 4 heteroatoms. The topological polar surface area (TPSA) is 21.3 Å². The molecule has 2 aromatic rings. The fourth-order valence-electron chi connectivity index (χ4n) is 2.37. The molecule has 0 spiro atoms. The van der Waals surface area contributed by atoms with Crippen LogP contribution in [-0.2, 0) is 12.8 Å². The number of ether oxygens (including phenoxy) is 1. The summed E-state index contributed by atoms with van der Waals surface area (Å²) in [4.78, 5) is 2.75. The summed E-state index contributed by atoms with van der Waals surface area (Å²) in [6.07, 6.45) is 1.98. The van der Waals surface area contributed by atoms with Crippen LogP contribution in [-0.4, -0.2) is 13.7 Å². The van der Waals surface area contributed by atoms with Gasteiger partial charge < -0.3 is 10.1 Å². The molecule has 0 saturated heterocycles. The van der Waals surface area contributed by atoms with Crippen molar-refractivity contribution in [2.24, 2.45) is 0 Å². The number of methoxy groups -OCH3 is 1. The Kier molecular flexibility index (Phi) is 5.76. The second-order valence-electron chi connectivity index (χ2n) is 4.93. The average molecular weight is 307 g/mol. The first kappa shape index (κ1) is 16.0. The van der Waals surface area contributed by atoms with Crippen molar-refractivity contribution >= 4 is 11.3 Å². The maximum atomic E-state index is 13.6. The van der Waals surface area contributed by atoms with E-state index in [2.05, 4.69) is 31.3 Å². The van der Waals surface area contributed by atoms with Crippen LogP contribution in [0.25, 0.3) is 0 Å². The van der Waals surface area contributed by atoms with E-state index >= 15 is 0 Å². The van der Waals surface area contributed by atoms with Gasteiger partial charge in [0, 0.05) is 22.2 Å². The van der Waals surface area contributed by atoms with Crippen molar-refractivity contribution in [3.8, 4) is 5.75 Å². The molecule has 0 bridgehead atoms. The first-order valence-electron chi connectivity index (χ1n) is 7.32. The van der Waals surface area contributed by atoms with Gasteiger partial charge in [-0.1, -0.05) is 19.9 Å². The molecule has 21 heavy (non-hydrogen) atoms. The Balaban J connectivity index is 2.21. The molecule has 2 nitrogen and oxygen atoms in total. The third-order valence-corrected chi connectivity index (χ3v) is 4.75. The summed E-state index contributed by atoms with van der Waals surface area (Å²) in [5, 5.41) is 3.47. The van der Waals surface area contributed by atoms with Gasteiger partial charge in [-0.15, -0.1) is 11.3 Å². The molecule has 1 aromatic carbocycles. The molecule has 0 fully saturated rings.